The van der Waals surface area contributed by atoms with Gasteiger partial charge in [0, 0.05) is 24.9 Å². The van der Waals surface area contributed by atoms with Gasteiger partial charge in [-0.05, 0) is 49.0 Å². The monoisotopic (exact) mass is 297 g/mol. The molecule has 1 saturated heterocycles. The highest BCUT2D eigenvalue weighted by Crippen LogP contribution is 2.21. The molecule has 20 heavy (non-hydrogen) atoms. The van der Waals surface area contributed by atoms with Crippen molar-refractivity contribution in [3.63, 3.8) is 0 Å². The van der Waals surface area contributed by atoms with Crippen molar-refractivity contribution in [1.82, 2.24) is 25.5 Å². The standard InChI is InChI=1S/C13H23N5OS/c1-3-12(19-9-1)4-2-10-20-13-15-16-17-18(13)8-7-14-11-5-6-11/h11-12,14H,1-10H2. The van der Waals surface area contributed by atoms with Gasteiger partial charge in [0.15, 0.2) is 0 Å². The molecule has 1 saturated carbocycles. The van der Waals surface area contributed by atoms with Gasteiger partial charge >= 0.3 is 0 Å². The number of aromatic nitrogens is 4. The van der Waals surface area contributed by atoms with Crippen LogP contribution in [0.3, 0.4) is 0 Å². The van der Waals surface area contributed by atoms with E-state index in [-0.39, 0.29) is 0 Å². The number of nitrogens with zero attached hydrogens (tertiary/aromatic N) is 4. The highest BCUT2D eigenvalue weighted by molar-refractivity contribution is 7.99. The first kappa shape index (κ1) is 14.3. The van der Waals surface area contributed by atoms with E-state index in [9.17, 15) is 0 Å². The van der Waals surface area contributed by atoms with Crippen molar-refractivity contribution in [2.45, 2.75) is 62.4 Å². The number of nitrogens with one attached hydrogen (secondary N) is 1. The SMILES string of the molecule is C1COC(CCCSc2nnnn2CCNC2CC2)C1. The zero-order valence-corrected chi connectivity index (χ0v) is 12.6. The molecule has 3 rings (SSSR count). The minimum Gasteiger partial charge on any atom is -0.378 e. The molecule has 1 N–H and O–H groups in total. The molecule has 1 unspecified atom stereocenters. The summed E-state index contributed by atoms with van der Waals surface area (Å²) < 4.78 is 7.54. The molecule has 1 aromatic heterocycles. The lowest BCUT2D eigenvalue weighted by Crippen LogP contribution is -2.22. The predicted octanol–water partition coefficient (Wildman–Crippen LogP) is 1.48. The third kappa shape index (κ3) is 4.43. The van der Waals surface area contributed by atoms with Gasteiger partial charge in [0.05, 0.1) is 12.6 Å². The van der Waals surface area contributed by atoms with Gasteiger partial charge in [-0.1, -0.05) is 11.8 Å². The lowest BCUT2D eigenvalue weighted by molar-refractivity contribution is 0.104. The first-order valence-electron chi connectivity index (χ1n) is 7.66. The van der Waals surface area contributed by atoms with Gasteiger partial charge in [-0.2, -0.15) is 0 Å². The highest BCUT2D eigenvalue weighted by Gasteiger charge is 2.20. The molecule has 1 aliphatic heterocycles. The van der Waals surface area contributed by atoms with Crippen LogP contribution >= 0.6 is 11.8 Å². The molecular weight excluding hydrogens is 274 g/mol. The molecule has 112 valence electrons. The molecule has 0 amide bonds. The first-order valence-corrected chi connectivity index (χ1v) is 8.64. The fourth-order valence-corrected chi connectivity index (χ4v) is 3.31. The molecule has 0 radical (unpaired) electrons. The fraction of sp³-hybridized carbons (Fsp3) is 0.923. The first-order chi connectivity index (χ1) is 9.92. The minimum atomic E-state index is 0.495. The van der Waals surface area contributed by atoms with Crippen LogP contribution in [0.1, 0.15) is 38.5 Å². The van der Waals surface area contributed by atoms with Crippen LogP contribution in [0, 0.1) is 0 Å². The van der Waals surface area contributed by atoms with Crippen molar-refractivity contribution in [1.29, 1.82) is 0 Å². The maximum atomic E-state index is 5.63. The Bertz CT molecular complexity index is 403. The molecule has 0 bridgehead atoms. The topological polar surface area (TPSA) is 64.9 Å². The zero-order chi connectivity index (χ0) is 13.6. The Morgan fingerprint density at radius 1 is 1.35 bits per heavy atom. The highest BCUT2D eigenvalue weighted by atomic mass is 32.2. The van der Waals surface area contributed by atoms with Gasteiger partial charge in [0.1, 0.15) is 0 Å². The molecule has 0 aromatic carbocycles. The Hall–Kier alpha value is -0.660. The van der Waals surface area contributed by atoms with E-state index in [0.717, 1.165) is 43.1 Å². The van der Waals surface area contributed by atoms with Crippen LogP contribution in [-0.2, 0) is 11.3 Å². The minimum absolute atomic E-state index is 0.495. The van der Waals surface area contributed by atoms with Gasteiger partial charge in [0.25, 0.3) is 0 Å². The van der Waals surface area contributed by atoms with Crippen molar-refractivity contribution in [2.75, 3.05) is 18.9 Å². The maximum Gasteiger partial charge on any atom is 0.209 e. The molecule has 2 aliphatic rings. The fourth-order valence-electron chi connectivity index (χ4n) is 2.45. The second kappa shape index (κ2) is 7.38. The Labute approximate surface area is 124 Å². The summed E-state index contributed by atoms with van der Waals surface area (Å²) in [6.07, 6.45) is 7.93. The van der Waals surface area contributed by atoms with E-state index < -0.39 is 0 Å². The van der Waals surface area contributed by atoms with Gasteiger partial charge < -0.3 is 10.1 Å². The lowest BCUT2D eigenvalue weighted by Gasteiger charge is -2.08. The van der Waals surface area contributed by atoms with Gasteiger partial charge in [0.2, 0.25) is 5.16 Å². The smallest absolute Gasteiger partial charge is 0.209 e. The molecular formula is C13H23N5OS. The van der Waals surface area contributed by atoms with Gasteiger partial charge in [-0.15, -0.1) is 5.10 Å². The van der Waals surface area contributed by atoms with E-state index in [2.05, 4.69) is 20.8 Å². The van der Waals surface area contributed by atoms with E-state index in [1.54, 1.807) is 11.8 Å². The summed E-state index contributed by atoms with van der Waals surface area (Å²) in [7, 11) is 0. The van der Waals surface area contributed by atoms with Crippen molar-refractivity contribution in [2.24, 2.45) is 0 Å². The summed E-state index contributed by atoms with van der Waals surface area (Å²) in [6, 6.07) is 0.744. The van der Waals surface area contributed by atoms with Crippen molar-refractivity contribution in [3.05, 3.63) is 0 Å². The molecule has 0 spiro atoms. The lowest BCUT2D eigenvalue weighted by atomic mass is 10.1. The van der Waals surface area contributed by atoms with Crippen LogP contribution in [0.25, 0.3) is 0 Å². The summed E-state index contributed by atoms with van der Waals surface area (Å²) in [5.41, 5.74) is 0. The van der Waals surface area contributed by atoms with Crippen LogP contribution in [0.2, 0.25) is 0 Å². The van der Waals surface area contributed by atoms with E-state index in [1.807, 2.05) is 4.68 Å². The summed E-state index contributed by atoms with van der Waals surface area (Å²) in [5, 5.41) is 16.4. The van der Waals surface area contributed by atoms with Crippen molar-refractivity contribution >= 4 is 11.8 Å². The molecule has 1 atom stereocenters. The average molecular weight is 297 g/mol. The Kier molecular flexibility index (Phi) is 5.27. The maximum absolute atomic E-state index is 5.63. The Morgan fingerprint density at radius 3 is 3.10 bits per heavy atom. The third-order valence-corrected chi connectivity index (χ3v) is 4.80. The second-order valence-corrected chi connectivity index (χ2v) is 6.60. The van der Waals surface area contributed by atoms with Crippen molar-refractivity contribution in [3.8, 4) is 0 Å². The third-order valence-electron chi connectivity index (χ3n) is 3.76. The summed E-state index contributed by atoms with van der Waals surface area (Å²) in [6.45, 7) is 2.76. The quantitative estimate of drug-likeness (QED) is 0.550. The molecule has 1 aromatic rings. The molecule has 6 nitrogen and oxygen atoms in total. The molecule has 2 fully saturated rings. The van der Waals surface area contributed by atoms with E-state index in [1.165, 1.54) is 32.1 Å². The normalized spacial score (nSPS) is 22.5. The van der Waals surface area contributed by atoms with E-state index >= 15 is 0 Å². The molecule has 2 heterocycles. The number of hydrogen-bond donors (Lipinski definition) is 1. The number of thioether (sulfide) groups is 1. The van der Waals surface area contributed by atoms with Crippen LogP contribution in [0.5, 0.6) is 0 Å². The van der Waals surface area contributed by atoms with Gasteiger partial charge in [-0.3, -0.25) is 0 Å². The number of hydrogen-bond acceptors (Lipinski definition) is 6. The molecule has 7 heteroatoms. The van der Waals surface area contributed by atoms with Crippen LogP contribution in [0.15, 0.2) is 5.16 Å². The Morgan fingerprint density at radius 2 is 2.30 bits per heavy atom. The second-order valence-electron chi connectivity index (χ2n) is 5.54. The van der Waals surface area contributed by atoms with E-state index in [4.69, 9.17) is 4.74 Å². The van der Waals surface area contributed by atoms with Crippen molar-refractivity contribution < 1.29 is 4.74 Å². The van der Waals surface area contributed by atoms with Crippen LogP contribution in [0.4, 0.5) is 0 Å². The zero-order valence-electron chi connectivity index (χ0n) is 11.8. The Balaban J connectivity index is 1.32. The average Bonchev–Trinajstić information content (AvgIpc) is 2.96. The molecule has 1 aliphatic carbocycles. The van der Waals surface area contributed by atoms with Crippen LogP contribution < -0.4 is 5.32 Å². The summed E-state index contributed by atoms with van der Waals surface area (Å²) in [5.74, 6) is 1.07. The number of rotatable bonds is 9. The predicted molar refractivity (Wildman–Crippen MR) is 77.8 cm³/mol. The van der Waals surface area contributed by atoms with E-state index in [0.29, 0.717) is 6.10 Å². The summed E-state index contributed by atoms with van der Waals surface area (Å²) >= 11 is 1.76. The number of tetrazole rings is 1. The van der Waals surface area contributed by atoms with Gasteiger partial charge in [-0.25, -0.2) is 4.68 Å². The van der Waals surface area contributed by atoms with Crippen LogP contribution in [-0.4, -0.2) is 51.3 Å². The number of ether oxygens (including phenoxy) is 1. The largest absolute Gasteiger partial charge is 0.378 e. The summed E-state index contributed by atoms with van der Waals surface area (Å²) in [4.78, 5) is 0.